The molecule has 2 aromatic heterocycles. The molecule has 0 aromatic carbocycles. The zero-order valence-electron chi connectivity index (χ0n) is 15.4. The highest BCUT2D eigenvalue weighted by molar-refractivity contribution is 6.43. The highest BCUT2D eigenvalue weighted by Gasteiger charge is 2.26. The molecule has 6 nitrogen and oxygen atoms in total. The maximum atomic E-state index is 11.7. The Kier molecular flexibility index (Phi) is 5.79. The van der Waals surface area contributed by atoms with Crippen molar-refractivity contribution in [2.75, 3.05) is 26.3 Å². The molecule has 2 aliphatic heterocycles. The Morgan fingerprint density at radius 1 is 1.32 bits per heavy atom. The number of primary amides is 1. The summed E-state index contributed by atoms with van der Waals surface area (Å²) in [7, 11) is 0. The van der Waals surface area contributed by atoms with Crippen LogP contribution in [0.5, 0.6) is 0 Å². The molecule has 1 atom stereocenters. The van der Waals surface area contributed by atoms with E-state index in [1.165, 1.54) is 6.07 Å². The molecule has 0 aliphatic carbocycles. The number of nitrogens with one attached hydrogen (secondary N) is 1. The zero-order valence-corrected chi connectivity index (χ0v) is 16.9. The van der Waals surface area contributed by atoms with Crippen molar-refractivity contribution in [1.82, 2.24) is 14.9 Å². The van der Waals surface area contributed by atoms with Crippen LogP contribution in [0.15, 0.2) is 6.07 Å². The van der Waals surface area contributed by atoms with Gasteiger partial charge in [0.15, 0.2) is 0 Å². The van der Waals surface area contributed by atoms with Gasteiger partial charge in [0.05, 0.1) is 15.4 Å². The Balaban J connectivity index is 1.89. The molecule has 0 radical (unpaired) electrons. The van der Waals surface area contributed by atoms with Crippen molar-refractivity contribution in [2.45, 2.75) is 31.7 Å². The first-order valence-electron chi connectivity index (χ1n) is 9.56. The minimum absolute atomic E-state index is 0.126. The van der Waals surface area contributed by atoms with Crippen LogP contribution in [0, 0.1) is 17.8 Å². The van der Waals surface area contributed by atoms with Crippen LogP contribution in [0.25, 0.3) is 11.0 Å². The summed E-state index contributed by atoms with van der Waals surface area (Å²) in [6.07, 6.45) is 3.85. The smallest absolute Gasteiger partial charge is 0.267 e. The lowest BCUT2D eigenvalue weighted by molar-refractivity contribution is 0.0807. The summed E-state index contributed by atoms with van der Waals surface area (Å²) >= 11 is 13.2. The number of rotatable bonds is 2. The summed E-state index contributed by atoms with van der Waals surface area (Å²) in [5, 5.41) is 4.87. The van der Waals surface area contributed by atoms with Gasteiger partial charge in [-0.2, -0.15) is 0 Å². The number of hydrogen-bond acceptors (Lipinski definition) is 4. The van der Waals surface area contributed by atoms with Gasteiger partial charge in [-0.25, -0.2) is 4.98 Å². The van der Waals surface area contributed by atoms with E-state index in [1.54, 1.807) is 0 Å². The second kappa shape index (κ2) is 8.30. The fourth-order valence-corrected chi connectivity index (χ4v) is 4.53. The summed E-state index contributed by atoms with van der Waals surface area (Å²) in [5.74, 6) is 6.32. The van der Waals surface area contributed by atoms with Gasteiger partial charge in [-0.3, -0.25) is 4.79 Å². The van der Waals surface area contributed by atoms with Gasteiger partial charge >= 0.3 is 0 Å². The minimum Gasteiger partial charge on any atom is -0.381 e. The van der Waals surface area contributed by atoms with Crippen molar-refractivity contribution in [3.05, 3.63) is 27.5 Å². The van der Waals surface area contributed by atoms with Crippen LogP contribution in [-0.2, 0) is 4.74 Å². The molecular weight excluding hydrogens is 399 g/mol. The molecule has 0 spiro atoms. The normalized spacial score (nSPS) is 20.7. The van der Waals surface area contributed by atoms with E-state index in [0.29, 0.717) is 26.8 Å². The number of pyridine rings is 1. The molecule has 2 aliphatic rings. The number of carbonyl (C=O) groups excluding carboxylic acids is 1. The van der Waals surface area contributed by atoms with Crippen LogP contribution in [0.1, 0.15) is 47.9 Å². The molecular formula is C20H22Cl2N4O2. The van der Waals surface area contributed by atoms with Gasteiger partial charge < -0.3 is 20.4 Å². The SMILES string of the molecule is NC(=O)c1cc(Cl)c2c(Cl)c(C#CC3CCOCC3)n([C@H]3CCCNC3)c2n1. The fraction of sp³-hybridized carbons (Fsp3) is 0.500. The predicted octanol–water partition coefficient (Wildman–Crippen LogP) is 3.14. The summed E-state index contributed by atoms with van der Waals surface area (Å²) < 4.78 is 7.45. The van der Waals surface area contributed by atoms with Gasteiger partial charge in [0.1, 0.15) is 17.0 Å². The number of fused-ring (bicyclic) bond motifs is 1. The van der Waals surface area contributed by atoms with E-state index >= 15 is 0 Å². The standard InChI is InChI=1S/C20H22Cl2N4O2/c21-14-10-15(19(23)27)25-20-17(14)18(22)16(4-3-12-5-8-28-9-6-12)26(20)13-2-1-7-24-11-13/h10,12-13,24H,1-2,5-9,11H2,(H2,23,27)/t13-/m0/s1. The van der Waals surface area contributed by atoms with E-state index in [-0.39, 0.29) is 17.7 Å². The molecule has 2 fully saturated rings. The Labute approximate surface area is 173 Å². The van der Waals surface area contributed by atoms with Gasteiger partial charge in [-0.05, 0) is 44.2 Å². The molecule has 148 valence electrons. The van der Waals surface area contributed by atoms with Crippen molar-refractivity contribution >= 4 is 40.1 Å². The largest absolute Gasteiger partial charge is 0.381 e. The Morgan fingerprint density at radius 2 is 2.11 bits per heavy atom. The molecule has 4 heterocycles. The Morgan fingerprint density at radius 3 is 2.79 bits per heavy atom. The van der Waals surface area contributed by atoms with Gasteiger partial charge in [-0.15, -0.1) is 0 Å². The average molecular weight is 421 g/mol. The summed E-state index contributed by atoms with van der Waals surface area (Å²) in [5.41, 5.74) is 6.84. The molecule has 28 heavy (non-hydrogen) atoms. The average Bonchev–Trinajstić information content (AvgIpc) is 3.00. The van der Waals surface area contributed by atoms with Crippen LogP contribution in [-0.4, -0.2) is 41.8 Å². The monoisotopic (exact) mass is 420 g/mol. The third kappa shape index (κ3) is 3.72. The van der Waals surface area contributed by atoms with Crippen LogP contribution in [0.3, 0.4) is 0 Å². The fourth-order valence-electron chi connectivity index (χ4n) is 3.87. The van der Waals surface area contributed by atoms with Crippen LogP contribution in [0.4, 0.5) is 0 Å². The molecule has 8 heteroatoms. The maximum absolute atomic E-state index is 11.7. The highest BCUT2D eigenvalue weighted by atomic mass is 35.5. The molecule has 2 aromatic rings. The summed E-state index contributed by atoms with van der Waals surface area (Å²) in [6.45, 7) is 3.23. The third-order valence-corrected chi connectivity index (χ3v) is 6.02. The first-order chi connectivity index (χ1) is 13.6. The number of carbonyl (C=O) groups is 1. The maximum Gasteiger partial charge on any atom is 0.267 e. The Hall–Kier alpha value is -1.78. The Bertz CT molecular complexity index is 964. The summed E-state index contributed by atoms with van der Waals surface area (Å²) in [4.78, 5) is 16.2. The molecule has 0 bridgehead atoms. The lowest BCUT2D eigenvalue weighted by Gasteiger charge is -2.26. The number of ether oxygens (including phenoxy) is 1. The molecule has 1 amide bonds. The van der Waals surface area contributed by atoms with Gasteiger partial charge in [0.25, 0.3) is 5.91 Å². The van der Waals surface area contributed by atoms with E-state index in [2.05, 4.69) is 22.1 Å². The quantitative estimate of drug-likeness (QED) is 0.730. The molecule has 3 N–H and O–H groups in total. The van der Waals surface area contributed by atoms with Crippen LogP contribution >= 0.6 is 23.2 Å². The first-order valence-corrected chi connectivity index (χ1v) is 10.3. The lowest BCUT2D eigenvalue weighted by Crippen LogP contribution is -2.32. The molecule has 0 unspecified atom stereocenters. The predicted molar refractivity (Wildman–Crippen MR) is 110 cm³/mol. The number of nitrogens with two attached hydrogens (primary N) is 1. The number of piperidine rings is 1. The molecule has 0 saturated carbocycles. The minimum atomic E-state index is -0.621. The van der Waals surface area contributed by atoms with Crippen molar-refractivity contribution in [3.8, 4) is 11.8 Å². The second-order valence-electron chi connectivity index (χ2n) is 7.24. The second-order valence-corrected chi connectivity index (χ2v) is 8.03. The van der Waals surface area contributed by atoms with E-state index in [9.17, 15) is 4.79 Å². The van der Waals surface area contributed by atoms with Gasteiger partial charge in [0.2, 0.25) is 0 Å². The van der Waals surface area contributed by atoms with Crippen LogP contribution < -0.4 is 11.1 Å². The number of halogens is 2. The van der Waals surface area contributed by atoms with E-state index in [4.69, 9.17) is 33.7 Å². The van der Waals surface area contributed by atoms with Crippen LogP contribution in [0.2, 0.25) is 10.0 Å². The number of nitrogens with zero attached hydrogens (tertiary/aromatic N) is 2. The zero-order chi connectivity index (χ0) is 19.7. The van der Waals surface area contributed by atoms with Crippen molar-refractivity contribution in [1.29, 1.82) is 0 Å². The highest BCUT2D eigenvalue weighted by Crippen LogP contribution is 2.38. The van der Waals surface area contributed by atoms with Crippen molar-refractivity contribution < 1.29 is 9.53 Å². The first kappa shape index (κ1) is 19.5. The topological polar surface area (TPSA) is 82.2 Å². The molecule has 4 rings (SSSR count). The number of hydrogen-bond donors (Lipinski definition) is 2. The number of amides is 1. The summed E-state index contributed by atoms with van der Waals surface area (Å²) in [6, 6.07) is 1.60. The number of aromatic nitrogens is 2. The van der Waals surface area contributed by atoms with Gasteiger partial charge in [-0.1, -0.05) is 29.1 Å². The van der Waals surface area contributed by atoms with E-state index in [1.807, 2.05) is 4.57 Å². The third-order valence-electron chi connectivity index (χ3n) is 5.35. The lowest BCUT2D eigenvalue weighted by atomic mass is 10.0. The van der Waals surface area contributed by atoms with Crippen molar-refractivity contribution in [3.63, 3.8) is 0 Å². The van der Waals surface area contributed by atoms with Gasteiger partial charge in [0, 0.05) is 31.7 Å². The van der Waals surface area contributed by atoms with Crippen molar-refractivity contribution in [2.24, 2.45) is 11.7 Å². The molecule has 2 saturated heterocycles. The van der Waals surface area contributed by atoms with E-state index < -0.39 is 5.91 Å². The van der Waals surface area contributed by atoms with E-state index in [0.717, 1.165) is 52.0 Å².